The number of hydrogen-bond acceptors (Lipinski definition) is 6. The van der Waals surface area contributed by atoms with Gasteiger partial charge in [-0.25, -0.2) is 22.9 Å². The van der Waals surface area contributed by atoms with E-state index in [0.717, 1.165) is 15.3 Å². The molecule has 2 saturated heterocycles. The van der Waals surface area contributed by atoms with E-state index in [2.05, 4.69) is 5.32 Å². The molecule has 0 saturated carbocycles. The predicted molar refractivity (Wildman–Crippen MR) is 141 cm³/mol. The minimum Gasteiger partial charge on any atom is -0.478 e. The lowest BCUT2D eigenvalue weighted by molar-refractivity contribution is -0.122. The number of nitrogens with zero attached hydrogens (tertiary/aromatic N) is 3. The van der Waals surface area contributed by atoms with Crippen LogP contribution in [0.25, 0.3) is 0 Å². The third-order valence-corrected chi connectivity index (χ3v) is 9.04. The smallest absolute Gasteiger partial charge is 0.335 e. The number of halogens is 2. The summed E-state index contributed by atoms with van der Waals surface area (Å²) in [5.74, 6) is -2.86. The lowest BCUT2D eigenvalue weighted by Crippen LogP contribution is -2.53. The van der Waals surface area contributed by atoms with E-state index in [1.165, 1.54) is 48.5 Å². The minimum atomic E-state index is -4.29. The molecule has 10 nitrogen and oxygen atoms in total. The summed E-state index contributed by atoms with van der Waals surface area (Å²) in [5, 5.41) is 21.6. The summed E-state index contributed by atoms with van der Waals surface area (Å²) in [6.45, 7) is -0.631. The van der Waals surface area contributed by atoms with E-state index in [9.17, 15) is 33.2 Å². The summed E-state index contributed by atoms with van der Waals surface area (Å²) in [7, 11) is -4.29. The van der Waals surface area contributed by atoms with Gasteiger partial charge in [0.25, 0.3) is 5.91 Å². The van der Waals surface area contributed by atoms with Gasteiger partial charge in [-0.2, -0.15) is 9.57 Å². The first kappa shape index (κ1) is 26.6. The first-order chi connectivity index (χ1) is 18.5. The molecule has 0 aliphatic carbocycles. The lowest BCUT2D eigenvalue weighted by atomic mass is 9.81. The third kappa shape index (κ3) is 4.51. The van der Waals surface area contributed by atoms with E-state index < -0.39 is 45.9 Å². The minimum absolute atomic E-state index is 0.112. The molecule has 3 aromatic carbocycles. The largest absolute Gasteiger partial charge is 0.478 e. The number of nitrogens with one attached hydrogen (secondary N) is 1. The van der Waals surface area contributed by atoms with Crippen LogP contribution in [0.4, 0.5) is 10.5 Å². The van der Waals surface area contributed by atoms with Gasteiger partial charge in [-0.1, -0.05) is 41.4 Å². The van der Waals surface area contributed by atoms with Crippen molar-refractivity contribution >= 4 is 56.8 Å². The van der Waals surface area contributed by atoms with Crippen LogP contribution in [0.5, 0.6) is 0 Å². The highest BCUT2D eigenvalue weighted by molar-refractivity contribution is 7.89. The van der Waals surface area contributed by atoms with Crippen molar-refractivity contribution in [2.45, 2.75) is 16.4 Å². The predicted octanol–water partition coefficient (Wildman–Crippen LogP) is 3.85. The Kier molecular flexibility index (Phi) is 6.60. The summed E-state index contributed by atoms with van der Waals surface area (Å²) >= 11 is 12.2. The highest BCUT2D eigenvalue weighted by Crippen LogP contribution is 2.44. The number of amides is 3. The van der Waals surface area contributed by atoms with Gasteiger partial charge in [-0.05, 0) is 54.1 Å². The van der Waals surface area contributed by atoms with Crippen molar-refractivity contribution in [1.29, 1.82) is 5.26 Å². The van der Waals surface area contributed by atoms with Gasteiger partial charge in [0.05, 0.1) is 27.8 Å². The maximum atomic E-state index is 14.0. The number of nitriles is 1. The summed E-state index contributed by atoms with van der Waals surface area (Å²) in [5.41, 5.74) is -0.940. The third-order valence-electron chi connectivity index (χ3n) is 6.79. The molecule has 1 spiro atoms. The van der Waals surface area contributed by atoms with Gasteiger partial charge >= 0.3 is 12.0 Å². The number of carboxylic acid groups (broad SMARTS) is 1. The molecular formula is C26H18Cl2N4O6S. The number of anilines is 1. The van der Waals surface area contributed by atoms with Crippen molar-refractivity contribution in [2.24, 2.45) is 0 Å². The zero-order valence-electron chi connectivity index (χ0n) is 19.8. The second-order valence-corrected chi connectivity index (χ2v) is 11.9. The Morgan fingerprint density at radius 1 is 1.05 bits per heavy atom. The number of urea groups is 1. The van der Waals surface area contributed by atoms with E-state index in [1.807, 2.05) is 6.07 Å². The van der Waals surface area contributed by atoms with Crippen LogP contribution in [0, 0.1) is 11.3 Å². The number of sulfonamides is 1. The Balaban J connectivity index is 1.61. The van der Waals surface area contributed by atoms with Crippen LogP contribution in [0.15, 0.2) is 71.6 Å². The fraction of sp³-hybridized carbons (Fsp3) is 0.154. The van der Waals surface area contributed by atoms with Crippen LogP contribution in [-0.4, -0.2) is 54.4 Å². The van der Waals surface area contributed by atoms with E-state index in [1.54, 1.807) is 12.1 Å². The second-order valence-electron chi connectivity index (χ2n) is 9.09. The Labute approximate surface area is 233 Å². The summed E-state index contributed by atoms with van der Waals surface area (Å²) in [6.07, 6.45) is 0. The van der Waals surface area contributed by atoms with Gasteiger partial charge in [0.2, 0.25) is 10.0 Å². The zero-order chi connectivity index (χ0) is 28.1. The summed E-state index contributed by atoms with van der Waals surface area (Å²) in [4.78, 5) is 39.3. The molecule has 5 rings (SSSR count). The van der Waals surface area contributed by atoms with Crippen molar-refractivity contribution in [1.82, 2.24) is 9.62 Å². The quantitative estimate of drug-likeness (QED) is 0.433. The Morgan fingerprint density at radius 3 is 2.33 bits per heavy atom. The zero-order valence-corrected chi connectivity index (χ0v) is 22.2. The number of rotatable bonds is 5. The van der Waals surface area contributed by atoms with Crippen molar-refractivity contribution in [3.8, 4) is 6.07 Å². The van der Waals surface area contributed by atoms with Gasteiger partial charge in [-0.15, -0.1) is 0 Å². The molecule has 0 unspecified atom stereocenters. The fourth-order valence-corrected chi connectivity index (χ4v) is 7.01. The van der Waals surface area contributed by atoms with Crippen molar-refractivity contribution in [2.75, 3.05) is 18.0 Å². The maximum Gasteiger partial charge on any atom is 0.335 e. The molecule has 2 atom stereocenters. The first-order valence-electron chi connectivity index (χ1n) is 11.4. The van der Waals surface area contributed by atoms with Gasteiger partial charge < -0.3 is 10.4 Å². The number of benzene rings is 3. The van der Waals surface area contributed by atoms with E-state index in [4.69, 9.17) is 23.2 Å². The number of carboxylic acids is 1. The van der Waals surface area contributed by atoms with Crippen LogP contribution < -0.4 is 10.2 Å². The molecule has 13 heteroatoms. The molecule has 2 N–H and O–H groups in total. The van der Waals surface area contributed by atoms with Gasteiger partial charge in [0.15, 0.2) is 0 Å². The average Bonchev–Trinajstić information content (AvgIpc) is 3.40. The van der Waals surface area contributed by atoms with Gasteiger partial charge in [0, 0.05) is 29.1 Å². The molecule has 39 heavy (non-hydrogen) atoms. The molecule has 2 aliphatic heterocycles. The van der Waals surface area contributed by atoms with E-state index >= 15 is 0 Å². The summed E-state index contributed by atoms with van der Waals surface area (Å²) < 4.78 is 28.4. The monoisotopic (exact) mass is 584 g/mol. The SMILES string of the molecule is N#Cc1ccc([C@@H]2CN(S(=O)(=O)c3cccc(C(=O)O)c3)C[C@@]23NC(=O)N(c2cc(Cl)cc(Cl)c2)C3=O)cc1. The van der Waals surface area contributed by atoms with Crippen LogP contribution in [0.3, 0.4) is 0 Å². The average molecular weight is 585 g/mol. The standard InChI is InChI=1S/C26H18Cl2N4O6S/c27-18-9-19(28)11-20(10-18)32-24(35)26(30-25(32)36)14-31(13-22(26)16-6-4-15(12-29)5-7-16)39(37,38)21-3-1-2-17(8-21)23(33)34/h1-11,22H,13-14H2,(H,30,36)(H,33,34)/t22-,26+/m0/s1. The van der Waals surface area contributed by atoms with E-state index in [0.29, 0.717) is 11.1 Å². The number of carbonyl (C=O) groups is 3. The highest BCUT2D eigenvalue weighted by Gasteiger charge is 2.62. The first-order valence-corrected chi connectivity index (χ1v) is 13.6. The molecule has 198 valence electrons. The second kappa shape index (κ2) is 9.66. The molecule has 0 aromatic heterocycles. The van der Waals surface area contributed by atoms with Gasteiger partial charge in [0.1, 0.15) is 5.54 Å². The lowest BCUT2D eigenvalue weighted by Gasteiger charge is -2.28. The highest BCUT2D eigenvalue weighted by atomic mass is 35.5. The fourth-order valence-electron chi connectivity index (χ4n) is 4.95. The van der Waals surface area contributed by atoms with Crippen molar-refractivity contribution in [3.63, 3.8) is 0 Å². The summed E-state index contributed by atoms with van der Waals surface area (Å²) in [6, 6.07) is 16.6. The number of hydrogen-bond donors (Lipinski definition) is 2. The molecule has 2 aliphatic rings. The van der Waals surface area contributed by atoms with Crippen LogP contribution >= 0.6 is 23.2 Å². The number of imide groups is 1. The molecule has 2 fully saturated rings. The number of aromatic carboxylic acids is 1. The molecule has 0 bridgehead atoms. The molecule has 3 amide bonds. The van der Waals surface area contributed by atoms with E-state index in [-0.39, 0.29) is 32.7 Å². The number of carbonyl (C=O) groups excluding carboxylic acids is 2. The van der Waals surface area contributed by atoms with Gasteiger partial charge in [-0.3, -0.25) is 4.79 Å². The Bertz CT molecular complexity index is 1670. The Morgan fingerprint density at radius 2 is 1.72 bits per heavy atom. The maximum absolute atomic E-state index is 14.0. The van der Waals surface area contributed by atoms with Crippen LogP contribution in [0.1, 0.15) is 27.4 Å². The van der Waals surface area contributed by atoms with Crippen molar-refractivity contribution < 1.29 is 27.9 Å². The molecule has 2 heterocycles. The molecular weight excluding hydrogens is 567 g/mol. The van der Waals surface area contributed by atoms with Crippen molar-refractivity contribution in [3.05, 3.63) is 93.5 Å². The normalized spacial score (nSPS) is 21.3. The topological polar surface area (TPSA) is 148 Å². The molecule has 3 aromatic rings. The Hall–Kier alpha value is -3.95. The van der Waals surface area contributed by atoms with Crippen LogP contribution in [0.2, 0.25) is 10.0 Å². The molecule has 0 radical (unpaired) electrons. The van der Waals surface area contributed by atoms with Crippen LogP contribution in [-0.2, 0) is 14.8 Å².